The number of carbonyl (C=O) groups excluding carboxylic acids is 1. The highest BCUT2D eigenvalue weighted by atomic mass is 32.2. The minimum absolute atomic E-state index is 0.314. The van der Waals surface area contributed by atoms with E-state index in [9.17, 15) is 13.2 Å². The van der Waals surface area contributed by atoms with Crippen molar-refractivity contribution in [1.82, 2.24) is 0 Å². The average molecular weight is 420 g/mol. The van der Waals surface area contributed by atoms with E-state index in [0.717, 1.165) is 10.6 Å². The Morgan fingerprint density at radius 1 is 0.897 bits per heavy atom. The summed E-state index contributed by atoms with van der Waals surface area (Å²) in [6.07, 6.45) is 1.04. The van der Waals surface area contributed by atoms with Crippen LogP contribution < -0.4 is 28.6 Å². The molecule has 0 radical (unpaired) electrons. The molecule has 154 valence electrons. The molecule has 2 heterocycles. The van der Waals surface area contributed by atoms with Crippen LogP contribution in [0.1, 0.15) is 0 Å². The summed E-state index contributed by atoms with van der Waals surface area (Å²) in [6, 6.07) is 9.75. The van der Waals surface area contributed by atoms with Crippen LogP contribution in [0, 0.1) is 0 Å². The molecule has 0 spiro atoms. The number of hydrogen-bond acceptors (Lipinski definition) is 7. The summed E-state index contributed by atoms with van der Waals surface area (Å²) < 4.78 is 47.6. The molecule has 0 fully saturated rings. The molecule has 2 aliphatic heterocycles. The first-order chi connectivity index (χ1) is 13.9. The molecule has 0 unspecified atom stereocenters. The minimum atomic E-state index is -3.71. The summed E-state index contributed by atoms with van der Waals surface area (Å²) in [5, 5.41) is 2.69. The van der Waals surface area contributed by atoms with E-state index in [-0.39, 0.29) is 0 Å². The van der Waals surface area contributed by atoms with Gasteiger partial charge < -0.3 is 24.3 Å². The summed E-state index contributed by atoms with van der Waals surface area (Å²) in [4.78, 5) is 12.6. The van der Waals surface area contributed by atoms with Crippen molar-refractivity contribution >= 4 is 27.3 Å². The number of nitrogens with zero attached hydrogens (tertiary/aromatic N) is 1. The second-order valence-electron chi connectivity index (χ2n) is 6.50. The van der Waals surface area contributed by atoms with Crippen molar-refractivity contribution in [2.24, 2.45) is 0 Å². The van der Waals surface area contributed by atoms with Gasteiger partial charge in [-0.05, 0) is 24.3 Å². The predicted octanol–water partition coefficient (Wildman–Crippen LogP) is 1.63. The maximum Gasteiger partial charge on any atom is 0.245 e. The predicted molar refractivity (Wildman–Crippen MR) is 106 cm³/mol. The highest BCUT2D eigenvalue weighted by Gasteiger charge is 2.23. The second-order valence-corrected chi connectivity index (χ2v) is 8.41. The Balaban J connectivity index is 1.52. The van der Waals surface area contributed by atoms with Crippen LogP contribution in [0.4, 0.5) is 11.4 Å². The van der Waals surface area contributed by atoms with Crippen LogP contribution >= 0.6 is 0 Å². The quantitative estimate of drug-likeness (QED) is 0.784. The van der Waals surface area contributed by atoms with Crippen molar-refractivity contribution in [2.45, 2.75) is 0 Å². The van der Waals surface area contributed by atoms with Crippen molar-refractivity contribution in [1.29, 1.82) is 0 Å². The Hall–Kier alpha value is -3.14. The maximum absolute atomic E-state index is 12.6. The molecule has 0 saturated heterocycles. The molecular weight excluding hydrogens is 400 g/mol. The van der Waals surface area contributed by atoms with E-state index in [1.807, 2.05) is 0 Å². The van der Waals surface area contributed by atoms with E-state index in [0.29, 0.717) is 60.8 Å². The first-order valence-electron chi connectivity index (χ1n) is 8.97. The Bertz CT molecular complexity index is 1040. The molecule has 1 amide bonds. The fourth-order valence-corrected chi connectivity index (χ4v) is 3.89. The molecule has 29 heavy (non-hydrogen) atoms. The van der Waals surface area contributed by atoms with Gasteiger partial charge in [-0.3, -0.25) is 9.10 Å². The number of benzene rings is 2. The lowest BCUT2D eigenvalue weighted by atomic mass is 10.2. The van der Waals surface area contributed by atoms with E-state index >= 15 is 0 Å². The van der Waals surface area contributed by atoms with Gasteiger partial charge in [0.2, 0.25) is 15.9 Å². The zero-order valence-corrected chi connectivity index (χ0v) is 16.5. The van der Waals surface area contributed by atoms with Gasteiger partial charge in [0.15, 0.2) is 23.0 Å². The maximum atomic E-state index is 12.6. The molecule has 0 atom stereocenters. The van der Waals surface area contributed by atoms with E-state index in [2.05, 4.69) is 5.32 Å². The van der Waals surface area contributed by atoms with E-state index in [1.54, 1.807) is 36.4 Å². The average Bonchev–Trinajstić information content (AvgIpc) is 2.71. The van der Waals surface area contributed by atoms with Crippen molar-refractivity contribution in [3.8, 4) is 23.0 Å². The zero-order chi connectivity index (χ0) is 20.4. The van der Waals surface area contributed by atoms with Crippen LogP contribution in [0.5, 0.6) is 23.0 Å². The summed E-state index contributed by atoms with van der Waals surface area (Å²) in [5.74, 6) is 1.61. The molecule has 0 aromatic heterocycles. The summed E-state index contributed by atoms with van der Waals surface area (Å²) in [5.41, 5.74) is 0.795. The standard InChI is InChI=1S/C19H20N2O7S/c1-29(23,24)21(14-3-5-16-18(11-14)28-9-7-26-16)12-19(22)20-13-2-4-15-17(10-13)27-8-6-25-15/h2-5,10-11H,6-9,12H2,1H3,(H,20,22). The van der Waals surface area contributed by atoms with Crippen molar-refractivity contribution in [3.63, 3.8) is 0 Å². The van der Waals surface area contributed by atoms with Gasteiger partial charge in [-0.25, -0.2) is 8.42 Å². The van der Waals surface area contributed by atoms with Gasteiger partial charge in [0, 0.05) is 17.8 Å². The third-order valence-electron chi connectivity index (χ3n) is 4.33. The molecular formula is C19H20N2O7S. The largest absolute Gasteiger partial charge is 0.486 e. The van der Waals surface area contributed by atoms with E-state index in [4.69, 9.17) is 18.9 Å². The van der Waals surface area contributed by atoms with Gasteiger partial charge in [-0.15, -0.1) is 0 Å². The first-order valence-corrected chi connectivity index (χ1v) is 10.8. The monoisotopic (exact) mass is 420 g/mol. The molecule has 1 N–H and O–H groups in total. The van der Waals surface area contributed by atoms with Crippen molar-refractivity contribution in [2.75, 3.05) is 48.9 Å². The highest BCUT2D eigenvalue weighted by Crippen LogP contribution is 2.35. The molecule has 0 saturated carbocycles. The zero-order valence-electron chi connectivity index (χ0n) is 15.7. The molecule has 2 aromatic carbocycles. The summed E-state index contributed by atoms with van der Waals surface area (Å²) >= 11 is 0. The van der Waals surface area contributed by atoms with Gasteiger partial charge in [0.05, 0.1) is 11.9 Å². The number of nitrogens with one attached hydrogen (secondary N) is 1. The minimum Gasteiger partial charge on any atom is -0.486 e. The third-order valence-corrected chi connectivity index (χ3v) is 5.47. The van der Waals surface area contributed by atoms with Crippen LogP contribution in [0.25, 0.3) is 0 Å². The SMILES string of the molecule is CS(=O)(=O)N(CC(=O)Nc1ccc2c(c1)OCCO2)c1ccc2c(c1)OCCO2. The van der Waals surface area contributed by atoms with Gasteiger partial charge in [0.25, 0.3) is 0 Å². The van der Waals surface area contributed by atoms with Crippen molar-refractivity contribution in [3.05, 3.63) is 36.4 Å². The molecule has 2 aromatic rings. The first kappa shape index (κ1) is 19.2. The Labute approximate surface area is 168 Å². The number of carbonyl (C=O) groups is 1. The van der Waals surface area contributed by atoms with Crippen LogP contribution in [0.3, 0.4) is 0 Å². The fourth-order valence-electron chi connectivity index (χ4n) is 3.04. The van der Waals surface area contributed by atoms with Gasteiger partial charge >= 0.3 is 0 Å². The van der Waals surface area contributed by atoms with Gasteiger partial charge in [0.1, 0.15) is 33.0 Å². The van der Waals surface area contributed by atoms with E-state index < -0.39 is 22.5 Å². The molecule has 9 nitrogen and oxygen atoms in total. The van der Waals surface area contributed by atoms with Crippen molar-refractivity contribution < 1.29 is 32.2 Å². The molecule has 0 aliphatic carbocycles. The Morgan fingerprint density at radius 3 is 2.07 bits per heavy atom. The van der Waals surface area contributed by atoms with Crippen LogP contribution in [0.15, 0.2) is 36.4 Å². The summed E-state index contributed by atoms with van der Waals surface area (Å²) in [7, 11) is -3.71. The van der Waals surface area contributed by atoms with E-state index in [1.165, 1.54) is 0 Å². The smallest absolute Gasteiger partial charge is 0.245 e. The number of sulfonamides is 1. The number of amides is 1. The Morgan fingerprint density at radius 2 is 1.45 bits per heavy atom. The number of ether oxygens (including phenoxy) is 4. The molecule has 0 bridgehead atoms. The normalized spacial score (nSPS) is 14.8. The fraction of sp³-hybridized carbons (Fsp3) is 0.316. The third kappa shape index (κ3) is 4.32. The van der Waals surface area contributed by atoms with Crippen LogP contribution in [0.2, 0.25) is 0 Å². The number of anilines is 2. The molecule has 10 heteroatoms. The second kappa shape index (κ2) is 7.70. The highest BCUT2D eigenvalue weighted by molar-refractivity contribution is 7.92. The lowest BCUT2D eigenvalue weighted by Crippen LogP contribution is -2.37. The molecule has 4 rings (SSSR count). The Kier molecular flexibility index (Phi) is 5.10. The summed E-state index contributed by atoms with van der Waals surface area (Å²) in [6.45, 7) is 1.31. The topological polar surface area (TPSA) is 103 Å². The number of hydrogen-bond donors (Lipinski definition) is 1. The van der Waals surface area contributed by atoms with Gasteiger partial charge in [-0.2, -0.15) is 0 Å². The number of fused-ring (bicyclic) bond motifs is 2. The number of rotatable bonds is 5. The van der Waals surface area contributed by atoms with Crippen LogP contribution in [-0.4, -0.2) is 53.6 Å². The molecule has 2 aliphatic rings. The lowest BCUT2D eigenvalue weighted by molar-refractivity contribution is -0.114. The van der Waals surface area contributed by atoms with Crippen LogP contribution in [-0.2, 0) is 14.8 Å². The van der Waals surface area contributed by atoms with Gasteiger partial charge in [-0.1, -0.05) is 0 Å². The lowest BCUT2D eigenvalue weighted by Gasteiger charge is -2.25.